The number of thiazole rings is 1. The van der Waals surface area contributed by atoms with Crippen molar-refractivity contribution in [3.8, 4) is 10.6 Å². The molecule has 8 heteroatoms. The molecule has 0 unspecified atom stereocenters. The lowest BCUT2D eigenvalue weighted by molar-refractivity contribution is -0.132. The fraction of sp³-hybridized carbons (Fsp3) is 0.263. The molecule has 0 fully saturated rings. The van der Waals surface area contributed by atoms with Gasteiger partial charge in [-0.05, 0) is 0 Å². The van der Waals surface area contributed by atoms with Crippen molar-refractivity contribution in [3.63, 3.8) is 0 Å². The maximum Gasteiger partial charge on any atom is 0.228 e. The van der Waals surface area contributed by atoms with E-state index in [0.717, 1.165) is 21.8 Å². The third-order valence-corrected chi connectivity index (χ3v) is 5.57. The molecule has 0 saturated carbocycles. The fourth-order valence-electron chi connectivity index (χ4n) is 3.33. The lowest BCUT2D eigenvalue weighted by atomic mass is 9.95. The van der Waals surface area contributed by atoms with Crippen LogP contribution in [0, 0.1) is 0 Å². The number of nitrogens with two attached hydrogens (primary N) is 1. The number of primary amides is 1. The van der Waals surface area contributed by atoms with E-state index in [-0.39, 0.29) is 18.9 Å². The molecule has 2 N–H and O–H groups in total. The van der Waals surface area contributed by atoms with Gasteiger partial charge in [0, 0.05) is 42.8 Å². The largest absolute Gasteiger partial charge is 0.369 e. The average Bonchev–Trinajstić information content (AvgIpc) is 3.26. The number of benzene rings is 1. The summed E-state index contributed by atoms with van der Waals surface area (Å²) in [7, 11) is 1.79. The van der Waals surface area contributed by atoms with Gasteiger partial charge in [-0.1, -0.05) is 30.3 Å². The Morgan fingerprint density at radius 2 is 2.07 bits per heavy atom. The van der Waals surface area contributed by atoms with Gasteiger partial charge in [-0.2, -0.15) is 5.10 Å². The number of aryl methyl sites for hydroxylation is 1. The van der Waals surface area contributed by atoms with Gasteiger partial charge < -0.3 is 10.6 Å². The molecule has 138 valence electrons. The number of amides is 2. The van der Waals surface area contributed by atoms with Crippen molar-refractivity contribution < 1.29 is 9.59 Å². The second kappa shape index (κ2) is 6.96. The van der Waals surface area contributed by atoms with Gasteiger partial charge in [0.25, 0.3) is 0 Å². The van der Waals surface area contributed by atoms with E-state index in [4.69, 9.17) is 5.73 Å². The van der Waals surface area contributed by atoms with Crippen LogP contribution in [-0.4, -0.2) is 38.0 Å². The van der Waals surface area contributed by atoms with Crippen LogP contribution in [0.25, 0.3) is 10.6 Å². The second-order valence-electron chi connectivity index (χ2n) is 6.63. The van der Waals surface area contributed by atoms with Crippen LogP contribution in [0.4, 0.5) is 0 Å². The summed E-state index contributed by atoms with van der Waals surface area (Å²) in [6.45, 7) is 0.690. The minimum atomic E-state index is -0.575. The summed E-state index contributed by atoms with van der Waals surface area (Å²) in [5.74, 6) is -1.11. The first-order valence-corrected chi connectivity index (χ1v) is 9.48. The van der Waals surface area contributed by atoms with Gasteiger partial charge in [0.15, 0.2) is 0 Å². The van der Waals surface area contributed by atoms with Crippen molar-refractivity contribution in [1.29, 1.82) is 0 Å². The number of carbonyl (C=O) groups is 2. The molecule has 1 atom stereocenters. The maximum absolute atomic E-state index is 12.8. The third-order valence-electron chi connectivity index (χ3n) is 4.63. The molecule has 7 nitrogen and oxygen atoms in total. The Labute approximate surface area is 160 Å². The van der Waals surface area contributed by atoms with Crippen LogP contribution in [-0.2, 0) is 29.6 Å². The summed E-state index contributed by atoms with van der Waals surface area (Å²) in [4.78, 5) is 30.9. The van der Waals surface area contributed by atoms with Crippen LogP contribution >= 0.6 is 11.3 Å². The summed E-state index contributed by atoms with van der Waals surface area (Å²) < 4.78 is 1.65. The number of carbonyl (C=O) groups excluding carboxylic acids is 2. The summed E-state index contributed by atoms with van der Waals surface area (Å²) in [6, 6.07) is 9.88. The number of aromatic nitrogens is 3. The first-order valence-electron chi connectivity index (χ1n) is 8.60. The van der Waals surface area contributed by atoms with Crippen LogP contribution in [0.3, 0.4) is 0 Å². The van der Waals surface area contributed by atoms with E-state index in [0.29, 0.717) is 12.2 Å². The van der Waals surface area contributed by atoms with Crippen molar-refractivity contribution >= 4 is 23.2 Å². The molecule has 0 radical (unpaired) electrons. The minimum absolute atomic E-state index is 0.0688. The molecule has 0 bridgehead atoms. The lowest BCUT2D eigenvalue weighted by Crippen LogP contribution is -2.42. The molecule has 1 aliphatic heterocycles. The third kappa shape index (κ3) is 3.48. The zero-order valence-electron chi connectivity index (χ0n) is 14.8. The first kappa shape index (κ1) is 17.4. The van der Waals surface area contributed by atoms with Gasteiger partial charge in [0.2, 0.25) is 11.8 Å². The summed E-state index contributed by atoms with van der Waals surface area (Å²) in [5, 5.41) is 7.13. The molecule has 1 aromatic carbocycles. The highest BCUT2D eigenvalue weighted by Gasteiger charge is 2.34. The van der Waals surface area contributed by atoms with E-state index < -0.39 is 11.8 Å². The maximum atomic E-state index is 12.8. The monoisotopic (exact) mass is 381 g/mol. The average molecular weight is 381 g/mol. The summed E-state index contributed by atoms with van der Waals surface area (Å²) in [5.41, 5.74) is 8.85. The Kier molecular flexibility index (Phi) is 4.49. The quantitative estimate of drug-likeness (QED) is 0.744. The molecule has 3 aromatic rings. The van der Waals surface area contributed by atoms with E-state index in [1.54, 1.807) is 16.6 Å². The number of hydrogen-bond donors (Lipinski definition) is 1. The summed E-state index contributed by atoms with van der Waals surface area (Å²) in [6.07, 6.45) is 2.03. The topological polar surface area (TPSA) is 94.1 Å². The first-order chi connectivity index (χ1) is 13.0. The molecular formula is C19H19N5O2S. The highest BCUT2D eigenvalue weighted by molar-refractivity contribution is 7.13. The number of rotatable bonds is 4. The Morgan fingerprint density at radius 1 is 1.30 bits per heavy atom. The smallest absolute Gasteiger partial charge is 0.228 e. The molecule has 2 aromatic heterocycles. The van der Waals surface area contributed by atoms with Crippen LogP contribution in [0.15, 0.2) is 41.9 Å². The predicted molar refractivity (Wildman–Crippen MR) is 102 cm³/mol. The van der Waals surface area contributed by atoms with Gasteiger partial charge >= 0.3 is 0 Å². The molecule has 27 heavy (non-hydrogen) atoms. The van der Waals surface area contributed by atoms with Gasteiger partial charge in [-0.15, -0.1) is 11.3 Å². The molecule has 0 spiro atoms. The SMILES string of the molecule is Cn1cc2c(n1)[C@@H](C(N)=O)CN(C(=O)Cc1csc(-c3ccccc3)n1)C2. The van der Waals surface area contributed by atoms with E-state index in [1.807, 2.05) is 41.9 Å². The molecular weight excluding hydrogens is 362 g/mol. The minimum Gasteiger partial charge on any atom is -0.369 e. The van der Waals surface area contributed by atoms with Crippen molar-refractivity contribution in [2.75, 3.05) is 6.54 Å². The van der Waals surface area contributed by atoms with Gasteiger partial charge in [-0.3, -0.25) is 14.3 Å². The number of nitrogens with zero attached hydrogens (tertiary/aromatic N) is 4. The Bertz CT molecular complexity index is 995. The number of hydrogen-bond acceptors (Lipinski definition) is 5. The van der Waals surface area contributed by atoms with E-state index in [9.17, 15) is 9.59 Å². The van der Waals surface area contributed by atoms with Gasteiger partial charge in [0.05, 0.1) is 23.7 Å². The van der Waals surface area contributed by atoms with Crippen LogP contribution in [0.5, 0.6) is 0 Å². The zero-order chi connectivity index (χ0) is 19.0. The zero-order valence-corrected chi connectivity index (χ0v) is 15.6. The molecule has 0 saturated heterocycles. The van der Waals surface area contributed by atoms with Crippen molar-refractivity contribution in [3.05, 3.63) is 58.9 Å². The molecule has 1 aliphatic rings. The molecule has 0 aliphatic carbocycles. The lowest BCUT2D eigenvalue weighted by Gasteiger charge is -2.30. The van der Waals surface area contributed by atoms with Crippen molar-refractivity contribution in [1.82, 2.24) is 19.7 Å². The Balaban J connectivity index is 1.51. The van der Waals surface area contributed by atoms with Gasteiger partial charge in [0.1, 0.15) is 5.01 Å². The van der Waals surface area contributed by atoms with Crippen LogP contribution in [0.1, 0.15) is 22.9 Å². The van der Waals surface area contributed by atoms with Crippen LogP contribution < -0.4 is 5.73 Å². The van der Waals surface area contributed by atoms with E-state index in [1.165, 1.54) is 11.3 Å². The van der Waals surface area contributed by atoms with E-state index >= 15 is 0 Å². The second-order valence-corrected chi connectivity index (χ2v) is 7.49. The van der Waals surface area contributed by atoms with Crippen LogP contribution in [0.2, 0.25) is 0 Å². The molecule has 3 heterocycles. The Hall–Kier alpha value is -3.00. The van der Waals surface area contributed by atoms with Crippen molar-refractivity contribution in [2.45, 2.75) is 18.9 Å². The summed E-state index contributed by atoms with van der Waals surface area (Å²) >= 11 is 1.52. The normalized spacial score (nSPS) is 16.2. The molecule has 2 amide bonds. The molecule has 4 rings (SSSR count). The van der Waals surface area contributed by atoms with E-state index in [2.05, 4.69) is 10.1 Å². The highest BCUT2D eigenvalue weighted by atomic mass is 32.1. The van der Waals surface area contributed by atoms with Crippen molar-refractivity contribution in [2.24, 2.45) is 12.8 Å². The number of fused-ring (bicyclic) bond motifs is 1. The van der Waals surface area contributed by atoms with Gasteiger partial charge in [-0.25, -0.2) is 4.98 Å². The predicted octanol–water partition coefficient (Wildman–Crippen LogP) is 1.70. The standard InChI is InChI=1S/C19H19N5O2S/c1-23-8-13-9-24(10-15(18(20)26)17(13)22-23)16(25)7-14-11-27-19(21-14)12-5-3-2-4-6-12/h2-6,8,11,15H,7,9-10H2,1H3,(H2,20,26)/t15-/m0/s1. The fourth-order valence-corrected chi connectivity index (χ4v) is 4.16. The Morgan fingerprint density at radius 3 is 2.81 bits per heavy atom. The highest BCUT2D eigenvalue weighted by Crippen LogP contribution is 2.28.